The van der Waals surface area contributed by atoms with Crippen LogP contribution in [0.4, 0.5) is 0 Å². The molecule has 3 aromatic rings. The van der Waals surface area contributed by atoms with Crippen molar-refractivity contribution >= 4 is 21.1 Å². The minimum Gasteiger partial charge on any atom is -0.320 e. The third-order valence-corrected chi connectivity index (χ3v) is 8.69. The summed E-state index contributed by atoms with van der Waals surface area (Å²) in [4.78, 5) is 9.47. The van der Waals surface area contributed by atoms with Crippen LogP contribution in [0.15, 0.2) is 35.5 Å². The Bertz CT molecular complexity index is 1340. The van der Waals surface area contributed by atoms with Crippen LogP contribution < -0.4 is 4.72 Å². The maximum absolute atomic E-state index is 12.7. The number of hydrogen-bond donors (Lipinski definition) is 1. The molecule has 8 heteroatoms. The number of fused-ring (bicyclic) bond motifs is 1. The number of aromatic nitrogens is 3. The number of nitriles is 1. The SMILES string of the molecule is N#Cc1c(-c2ccc(S(=O)(=O)NC3CCC3)cn2)n(C2CCC2)c2ncc(C3CC3)cc12. The minimum absolute atomic E-state index is 0.0257. The van der Waals surface area contributed by atoms with Crippen molar-refractivity contribution in [3.63, 3.8) is 0 Å². The highest BCUT2D eigenvalue weighted by molar-refractivity contribution is 7.89. The van der Waals surface area contributed by atoms with E-state index in [1.54, 1.807) is 12.1 Å². The summed E-state index contributed by atoms with van der Waals surface area (Å²) in [6, 6.07) is 8.16. The Balaban J connectivity index is 1.45. The second-order valence-electron chi connectivity index (χ2n) is 9.33. The van der Waals surface area contributed by atoms with Gasteiger partial charge in [-0.3, -0.25) is 4.98 Å². The molecule has 0 saturated heterocycles. The fourth-order valence-electron chi connectivity index (χ4n) is 4.70. The van der Waals surface area contributed by atoms with Crippen LogP contribution in [-0.4, -0.2) is 29.0 Å². The molecule has 0 radical (unpaired) electrons. The van der Waals surface area contributed by atoms with Gasteiger partial charge < -0.3 is 4.57 Å². The number of nitrogens with one attached hydrogen (secondary N) is 1. The first-order valence-corrected chi connectivity index (χ1v) is 13.0. The van der Waals surface area contributed by atoms with Crippen molar-refractivity contribution < 1.29 is 8.42 Å². The van der Waals surface area contributed by atoms with E-state index in [0.29, 0.717) is 23.2 Å². The molecule has 164 valence electrons. The predicted molar refractivity (Wildman–Crippen MR) is 121 cm³/mol. The second-order valence-corrected chi connectivity index (χ2v) is 11.0. The van der Waals surface area contributed by atoms with Gasteiger partial charge >= 0.3 is 0 Å². The zero-order chi connectivity index (χ0) is 21.9. The first kappa shape index (κ1) is 19.9. The highest BCUT2D eigenvalue weighted by atomic mass is 32.2. The first-order chi connectivity index (χ1) is 15.5. The van der Waals surface area contributed by atoms with Crippen LogP contribution >= 0.6 is 0 Å². The summed E-state index contributed by atoms with van der Waals surface area (Å²) in [5.74, 6) is 0.555. The van der Waals surface area contributed by atoms with E-state index in [2.05, 4.69) is 26.4 Å². The van der Waals surface area contributed by atoms with Crippen molar-refractivity contribution in [3.05, 3.63) is 41.7 Å². The number of pyridine rings is 2. The third kappa shape index (κ3) is 3.23. The van der Waals surface area contributed by atoms with Gasteiger partial charge in [0.15, 0.2) is 0 Å². The van der Waals surface area contributed by atoms with E-state index >= 15 is 0 Å². The molecule has 0 unspecified atom stereocenters. The minimum atomic E-state index is -3.58. The molecule has 0 spiro atoms. The Kier molecular flexibility index (Phi) is 4.60. The molecule has 7 nitrogen and oxygen atoms in total. The number of sulfonamides is 1. The zero-order valence-electron chi connectivity index (χ0n) is 17.8. The maximum Gasteiger partial charge on any atom is 0.242 e. The Labute approximate surface area is 187 Å². The van der Waals surface area contributed by atoms with Gasteiger partial charge in [-0.1, -0.05) is 6.42 Å². The highest BCUT2D eigenvalue weighted by Crippen LogP contribution is 2.44. The number of nitrogens with zero attached hydrogens (tertiary/aromatic N) is 4. The summed E-state index contributed by atoms with van der Waals surface area (Å²) in [6.07, 6.45) is 11.8. The van der Waals surface area contributed by atoms with Crippen molar-refractivity contribution in [3.8, 4) is 17.5 Å². The Morgan fingerprint density at radius 2 is 1.81 bits per heavy atom. The molecule has 3 fully saturated rings. The van der Waals surface area contributed by atoms with Crippen LogP contribution in [0.1, 0.15) is 74.5 Å². The molecule has 3 heterocycles. The van der Waals surface area contributed by atoms with Crippen molar-refractivity contribution in [2.75, 3.05) is 0 Å². The van der Waals surface area contributed by atoms with Gasteiger partial charge in [0.25, 0.3) is 0 Å². The van der Waals surface area contributed by atoms with Gasteiger partial charge in [0.2, 0.25) is 10.0 Å². The smallest absolute Gasteiger partial charge is 0.242 e. The summed E-state index contributed by atoms with van der Waals surface area (Å²) in [7, 11) is -3.58. The predicted octanol–water partition coefficient (Wildman–Crippen LogP) is 4.40. The van der Waals surface area contributed by atoms with Gasteiger partial charge in [-0.25, -0.2) is 18.1 Å². The van der Waals surface area contributed by atoms with E-state index in [4.69, 9.17) is 4.98 Å². The van der Waals surface area contributed by atoms with Gasteiger partial charge in [-0.2, -0.15) is 5.26 Å². The van der Waals surface area contributed by atoms with E-state index in [1.165, 1.54) is 24.6 Å². The standard InChI is InChI=1S/C24H25N5O2S/c25-12-21-20-11-16(15-7-8-15)13-27-24(20)29(18-5-2-6-18)23(21)22-10-9-19(14-26-22)32(30,31)28-17-3-1-4-17/h9-11,13-15,17-18,28H,1-8H2. The van der Waals surface area contributed by atoms with Crippen LogP contribution in [-0.2, 0) is 10.0 Å². The molecule has 32 heavy (non-hydrogen) atoms. The van der Waals surface area contributed by atoms with E-state index < -0.39 is 10.0 Å². The molecule has 0 bridgehead atoms. The van der Waals surface area contributed by atoms with Crippen molar-refractivity contribution in [1.82, 2.24) is 19.3 Å². The molecular weight excluding hydrogens is 422 g/mol. The lowest BCUT2D eigenvalue weighted by molar-refractivity contribution is 0.322. The number of rotatable bonds is 6. The highest BCUT2D eigenvalue weighted by Gasteiger charge is 2.31. The van der Waals surface area contributed by atoms with Gasteiger partial charge in [-0.15, -0.1) is 0 Å². The lowest BCUT2D eigenvalue weighted by Gasteiger charge is -2.29. The Hall–Kier alpha value is -2.76. The second kappa shape index (κ2) is 7.39. The summed E-state index contributed by atoms with van der Waals surface area (Å²) in [6.45, 7) is 0. The van der Waals surface area contributed by atoms with E-state index in [9.17, 15) is 13.7 Å². The summed E-state index contributed by atoms with van der Waals surface area (Å²) in [5.41, 5.74) is 3.97. The summed E-state index contributed by atoms with van der Waals surface area (Å²) in [5, 5.41) is 11.0. The van der Waals surface area contributed by atoms with Crippen molar-refractivity contribution in [1.29, 1.82) is 5.26 Å². The third-order valence-electron chi connectivity index (χ3n) is 7.18. The molecule has 6 rings (SSSR count). The monoisotopic (exact) mass is 447 g/mol. The van der Waals surface area contributed by atoms with E-state index in [-0.39, 0.29) is 10.9 Å². The largest absolute Gasteiger partial charge is 0.320 e. The topological polar surface area (TPSA) is 101 Å². The maximum atomic E-state index is 12.7. The quantitative estimate of drug-likeness (QED) is 0.603. The molecule has 0 atom stereocenters. The van der Waals surface area contributed by atoms with Crippen LogP contribution in [0, 0.1) is 11.3 Å². The van der Waals surface area contributed by atoms with Gasteiger partial charge in [-0.05, 0) is 74.6 Å². The molecular formula is C24H25N5O2S. The van der Waals surface area contributed by atoms with Gasteiger partial charge in [0.05, 0.1) is 17.0 Å². The summed E-state index contributed by atoms with van der Waals surface area (Å²) < 4.78 is 30.2. The van der Waals surface area contributed by atoms with E-state index in [0.717, 1.165) is 55.3 Å². The van der Waals surface area contributed by atoms with Crippen LogP contribution in [0.5, 0.6) is 0 Å². The normalized spacial score (nSPS) is 19.5. The molecule has 3 aliphatic carbocycles. The van der Waals surface area contributed by atoms with E-state index in [1.807, 2.05) is 6.20 Å². The first-order valence-electron chi connectivity index (χ1n) is 11.5. The Morgan fingerprint density at radius 3 is 2.38 bits per heavy atom. The van der Waals surface area contributed by atoms with Gasteiger partial charge in [0, 0.05) is 29.9 Å². The average molecular weight is 448 g/mol. The molecule has 0 aromatic carbocycles. The fourth-order valence-corrected chi connectivity index (χ4v) is 5.95. The molecule has 3 saturated carbocycles. The lowest BCUT2D eigenvalue weighted by Crippen LogP contribution is -2.39. The van der Waals surface area contributed by atoms with Gasteiger partial charge in [0.1, 0.15) is 16.6 Å². The molecule has 0 aliphatic heterocycles. The Morgan fingerprint density at radius 1 is 1.03 bits per heavy atom. The van der Waals surface area contributed by atoms with Crippen LogP contribution in [0.25, 0.3) is 22.4 Å². The average Bonchev–Trinajstić information content (AvgIpc) is 3.53. The van der Waals surface area contributed by atoms with Crippen LogP contribution in [0.3, 0.4) is 0 Å². The molecule has 3 aliphatic rings. The lowest BCUT2D eigenvalue weighted by atomic mass is 9.92. The molecule has 1 N–H and O–H groups in total. The van der Waals surface area contributed by atoms with Crippen LogP contribution in [0.2, 0.25) is 0 Å². The molecule has 0 amide bonds. The van der Waals surface area contributed by atoms with Crippen molar-refractivity contribution in [2.24, 2.45) is 0 Å². The number of hydrogen-bond acceptors (Lipinski definition) is 5. The van der Waals surface area contributed by atoms with Crippen molar-refractivity contribution in [2.45, 2.75) is 74.3 Å². The molecule has 3 aromatic heterocycles. The summed E-state index contributed by atoms with van der Waals surface area (Å²) >= 11 is 0. The fraction of sp³-hybridized carbons (Fsp3) is 0.458. The zero-order valence-corrected chi connectivity index (χ0v) is 18.6.